The molecule has 0 saturated carbocycles. The lowest BCUT2D eigenvalue weighted by molar-refractivity contribution is -0.142. The van der Waals surface area contributed by atoms with Crippen molar-refractivity contribution in [1.29, 1.82) is 0 Å². The molecule has 0 rings (SSSR count). The van der Waals surface area contributed by atoms with E-state index in [0.29, 0.717) is 19.4 Å². The molecular formula is C17H33N5O6S. The second kappa shape index (κ2) is 14.1. The first kappa shape index (κ1) is 27.1. The van der Waals surface area contributed by atoms with E-state index in [9.17, 15) is 29.4 Å². The van der Waals surface area contributed by atoms with Crippen molar-refractivity contribution >= 4 is 36.3 Å². The van der Waals surface area contributed by atoms with E-state index in [4.69, 9.17) is 11.5 Å². The maximum atomic E-state index is 12.4. The normalized spacial score (nSPS) is 15.1. The van der Waals surface area contributed by atoms with Crippen LogP contribution in [0.25, 0.3) is 0 Å². The number of thiol groups is 1. The Bertz CT molecular complexity index is 562. The number of amides is 3. The van der Waals surface area contributed by atoms with Gasteiger partial charge in [0.2, 0.25) is 17.7 Å². The minimum absolute atomic E-state index is 0.0704. The highest BCUT2D eigenvalue weighted by atomic mass is 32.1. The van der Waals surface area contributed by atoms with Crippen molar-refractivity contribution in [3.05, 3.63) is 0 Å². The van der Waals surface area contributed by atoms with Gasteiger partial charge in [0.1, 0.15) is 18.1 Å². The average Bonchev–Trinajstić information content (AvgIpc) is 2.67. The van der Waals surface area contributed by atoms with Crippen molar-refractivity contribution in [3.63, 3.8) is 0 Å². The topological polar surface area (TPSA) is 197 Å². The molecule has 9 N–H and O–H groups in total. The van der Waals surface area contributed by atoms with Crippen LogP contribution < -0.4 is 27.4 Å². The number of nitrogens with one attached hydrogen (secondary N) is 3. The Kier molecular flexibility index (Phi) is 13.2. The lowest BCUT2D eigenvalue weighted by Crippen LogP contribution is -2.59. The number of aliphatic hydroxyl groups excluding tert-OH is 1. The van der Waals surface area contributed by atoms with E-state index in [1.807, 2.05) is 0 Å². The number of aliphatic hydroxyl groups is 1. The standard InChI is InChI=1S/C17H33N5O6S/c1-9(2)13(19)16(26)22-12(8-29)15(25)21-11(7-23)14(24)20-10(17(27)28)5-3-4-6-18/h9-13,23,29H,3-8,18-19H2,1-2H3,(H,20,24)(H,21,25)(H,22,26)(H,27,28). The lowest BCUT2D eigenvalue weighted by Gasteiger charge is -2.24. The predicted molar refractivity (Wildman–Crippen MR) is 110 cm³/mol. The Morgan fingerprint density at radius 3 is 1.90 bits per heavy atom. The second-order valence-corrected chi connectivity index (χ2v) is 7.31. The van der Waals surface area contributed by atoms with E-state index in [1.54, 1.807) is 13.8 Å². The molecule has 4 unspecified atom stereocenters. The zero-order chi connectivity index (χ0) is 22.6. The van der Waals surface area contributed by atoms with Gasteiger partial charge in [-0.3, -0.25) is 14.4 Å². The van der Waals surface area contributed by atoms with Crippen LogP contribution in [0.5, 0.6) is 0 Å². The molecular weight excluding hydrogens is 402 g/mol. The molecule has 11 nitrogen and oxygen atoms in total. The van der Waals surface area contributed by atoms with E-state index in [1.165, 1.54) is 0 Å². The average molecular weight is 436 g/mol. The van der Waals surface area contributed by atoms with Gasteiger partial charge in [-0.15, -0.1) is 0 Å². The van der Waals surface area contributed by atoms with E-state index in [2.05, 4.69) is 28.6 Å². The highest BCUT2D eigenvalue weighted by molar-refractivity contribution is 7.80. The van der Waals surface area contributed by atoms with Crippen LogP contribution in [0.15, 0.2) is 0 Å². The number of aliphatic carboxylic acids is 1. The molecule has 0 aliphatic rings. The maximum absolute atomic E-state index is 12.4. The minimum Gasteiger partial charge on any atom is -0.480 e. The highest BCUT2D eigenvalue weighted by Gasteiger charge is 2.29. The van der Waals surface area contributed by atoms with Gasteiger partial charge in [-0.1, -0.05) is 13.8 Å². The summed E-state index contributed by atoms with van der Waals surface area (Å²) >= 11 is 4.02. The molecule has 0 bridgehead atoms. The molecule has 0 aromatic heterocycles. The summed E-state index contributed by atoms with van der Waals surface area (Å²) in [5, 5.41) is 25.7. The second-order valence-electron chi connectivity index (χ2n) is 6.94. The van der Waals surface area contributed by atoms with Gasteiger partial charge < -0.3 is 37.6 Å². The van der Waals surface area contributed by atoms with Crippen LogP contribution in [0.2, 0.25) is 0 Å². The van der Waals surface area contributed by atoms with Crippen LogP contribution in [-0.4, -0.2) is 77.0 Å². The Labute approximate surface area is 175 Å². The fourth-order valence-electron chi connectivity index (χ4n) is 2.25. The van der Waals surface area contributed by atoms with Gasteiger partial charge >= 0.3 is 5.97 Å². The van der Waals surface area contributed by atoms with Gasteiger partial charge in [0.05, 0.1) is 12.6 Å². The van der Waals surface area contributed by atoms with Gasteiger partial charge in [-0.05, 0) is 31.7 Å². The molecule has 0 fully saturated rings. The van der Waals surface area contributed by atoms with Gasteiger partial charge in [0.15, 0.2) is 0 Å². The van der Waals surface area contributed by atoms with Crippen LogP contribution in [0.1, 0.15) is 33.1 Å². The number of carboxylic acid groups (broad SMARTS) is 1. The fraction of sp³-hybridized carbons (Fsp3) is 0.765. The third-order valence-corrected chi connectivity index (χ3v) is 4.58. The maximum Gasteiger partial charge on any atom is 0.326 e. The van der Waals surface area contributed by atoms with Crippen molar-refractivity contribution in [3.8, 4) is 0 Å². The van der Waals surface area contributed by atoms with E-state index in [0.717, 1.165) is 0 Å². The number of unbranched alkanes of at least 4 members (excludes halogenated alkanes) is 1. The van der Waals surface area contributed by atoms with E-state index < -0.39 is 54.5 Å². The molecule has 168 valence electrons. The highest BCUT2D eigenvalue weighted by Crippen LogP contribution is 2.03. The molecule has 0 spiro atoms. The summed E-state index contributed by atoms with van der Waals surface area (Å²) in [5.41, 5.74) is 11.1. The summed E-state index contributed by atoms with van der Waals surface area (Å²) in [4.78, 5) is 48.0. The first-order chi connectivity index (χ1) is 13.6. The summed E-state index contributed by atoms with van der Waals surface area (Å²) in [6.45, 7) is 3.13. The molecule has 0 aromatic rings. The van der Waals surface area contributed by atoms with Crippen LogP contribution in [-0.2, 0) is 19.2 Å². The summed E-state index contributed by atoms with van der Waals surface area (Å²) in [6, 6.07) is -4.48. The van der Waals surface area contributed by atoms with E-state index >= 15 is 0 Å². The van der Waals surface area contributed by atoms with Gasteiger partial charge in [-0.25, -0.2) is 4.79 Å². The summed E-state index contributed by atoms with van der Waals surface area (Å²) in [6.07, 6.45) is 1.25. The van der Waals surface area contributed by atoms with Crippen LogP contribution in [0.3, 0.4) is 0 Å². The zero-order valence-electron chi connectivity index (χ0n) is 16.8. The molecule has 29 heavy (non-hydrogen) atoms. The van der Waals surface area contributed by atoms with E-state index in [-0.39, 0.29) is 18.1 Å². The summed E-state index contributed by atoms with van der Waals surface area (Å²) < 4.78 is 0. The number of hydrogen-bond donors (Lipinski definition) is 8. The quantitative estimate of drug-likeness (QED) is 0.109. The van der Waals surface area contributed by atoms with Crippen LogP contribution in [0, 0.1) is 5.92 Å². The Morgan fingerprint density at radius 1 is 0.931 bits per heavy atom. The van der Waals surface area contributed by atoms with Gasteiger partial charge in [0.25, 0.3) is 0 Å². The first-order valence-electron chi connectivity index (χ1n) is 9.40. The predicted octanol–water partition coefficient (Wildman–Crippen LogP) is -2.44. The molecule has 0 radical (unpaired) electrons. The lowest BCUT2D eigenvalue weighted by atomic mass is 10.0. The largest absolute Gasteiger partial charge is 0.480 e. The van der Waals surface area contributed by atoms with Gasteiger partial charge in [-0.2, -0.15) is 12.6 Å². The van der Waals surface area contributed by atoms with Crippen molar-refractivity contribution in [2.75, 3.05) is 18.9 Å². The number of hydrogen-bond acceptors (Lipinski definition) is 8. The Hall–Kier alpha value is -1.89. The monoisotopic (exact) mass is 435 g/mol. The molecule has 4 atom stereocenters. The Morgan fingerprint density at radius 2 is 1.45 bits per heavy atom. The number of rotatable bonds is 14. The van der Waals surface area contributed by atoms with Gasteiger partial charge in [0, 0.05) is 5.75 Å². The Balaban J connectivity index is 4.94. The molecule has 0 aliphatic heterocycles. The number of carboxylic acids is 1. The van der Waals surface area contributed by atoms with Crippen molar-refractivity contribution < 1.29 is 29.4 Å². The number of carbonyl (C=O) groups is 4. The zero-order valence-corrected chi connectivity index (χ0v) is 17.7. The molecule has 12 heteroatoms. The SMILES string of the molecule is CC(C)C(N)C(=O)NC(CS)C(=O)NC(CO)C(=O)NC(CCCCN)C(=O)O. The smallest absolute Gasteiger partial charge is 0.326 e. The first-order valence-corrected chi connectivity index (χ1v) is 10.0. The van der Waals surface area contributed by atoms with Crippen LogP contribution in [0.4, 0.5) is 0 Å². The summed E-state index contributed by atoms with van der Waals surface area (Å²) in [5.74, 6) is -3.62. The number of nitrogens with two attached hydrogens (primary N) is 2. The van der Waals surface area contributed by atoms with Crippen LogP contribution >= 0.6 is 12.6 Å². The molecule has 0 aromatic carbocycles. The van der Waals surface area contributed by atoms with Crippen molar-refractivity contribution in [2.45, 2.75) is 57.3 Å². The molecule has 0 heterocycles. The van der Waals surface area contributed by atoms with Crippen molar-refractivity contribution in [2.24, 2.45) is 17.4 Å². The minimum atomic E-state index is -1.39. The van der Waals surface area contributed by atoms with Crippen molar-refractivity contribution in [1.82, 2.24) is 16.0 Å². The fourth-order valence-corrected chi connectivity index (χ4v) is 2.51. The number of carbonyl (C=O) groups excluding carboxylic acids is 3. The molecule has 3 amide bonds. The third kappa shape index (κ3) is 9.92. The molecule has 0 aliphatic carbocycles. The third-order valence-electron chi connectivity index (χ3n) is 4.21. The summed E-state index contributed by atoms with van der Waals surface area (Å²) in [7, 11) is 0. The molecule has 0 saturated heterocycles.